The van der Waals surface area contributed by atoms with Gasteiger partial charge in [0.2, 0.25) is 5.91 Å². The Hall–Kier alpha value is -3.63. The number of hydrogen-bond donors (Lipinski definition) is 3. The number of ether oxygens (including phenoxy) is 1. The Balaban J connectivity index is 1.53. The molecule has 1 aliphatic rings. The van der Waals surface area contributed by atoms with Gasteiger partial charge in [-0.3, -0.25) is 9.59 Å². The average Bonchev–Trinajstić information content (AvgIpc) is 2.95. The van der Waals surface area contributed by atoms with Gasteiger partial charge in [-0.25, -0.2) is 9.48 Å². The van der Waals surface area contributed by atoms with Crippen LogP contribution in [0, 0.1) is 0 Å². The van der Waals surface area contributed by atoms with Gasteiger partial charge in [0.25, 0.3) is 0 Å². The molecule has 0 radical (unpaired) electrons. The van der Waals surface area contributed by atoms with Crippen LogP contribution in [-0.2, 0) is 22.6 Å². The van der Waals surface area contributed by atoms with Gasteiger partial charge in [-0.1, -0.05) is 11.3 Å². The maximum absolute atomic E-state index is 12.2. The van der Waals surface area contributed by atoms with Gasteiger partial charge in [0, 0.05) is 6.20 Å². The van der Waals surface area contributed by atoms with E-state index in [2.05, 4.69) is 10.3 Å². The summed E-state index contributed by atoms with van der Waals surface area (Å²) in [5.74, 6) is -2.96. The second-order valence-corrected chi connectivity index (χ2v) is 5.97. The zero-order chi connectivity index (χ0) is 19.6. The molecule has 11 heteroatoms. The molecule has 0 saturated carbocycles. The van der Waals surface area contributed by atoms with Crippen molar-refractivity contribution in [1.29, 1.82) is 0 Å². The molecule has 3 rings (SSSR count). The second kappa shape index (κ2) is 7.32. The lowest BCUT2D eigenvalue weighted by Gasteiger charge is -2.39. The van der Waals surface area contributed by atoms with Crippen molar-refractivity contribution in [2.75, 3.05) is 13.1 Å². The molecule has 142 valence electrons. The normalized spacial score (nSPS) is 13.9. The molecule has 2 heterocycles. The maximum atomic E-state index is 12.2. The topological polar surface area (TPSA) is 155 Å². The number of benzene rings is 1. The Labute approximate surface area is 152 Å². The van der Waals surface area contributed by atoms with Crippen LogP contribution in [0.15, 0.2) is 24.4 Å². The Bertz CT molecular complexity index is 889. The number of nitrogens with zero attached hydrogens (tertiary/aromatic N) is 4. The molecule has 1 aromatic carbocycles. The van der Waals surface area contributed by atoms with Gasteiger partial charge < -0.3 is 25.0 Å². The lowest BCUT2D eigenvalue weighted by molar-refractivity contribution is -0.141. The van der Waals surface area contributed by atoms with Crippen LogP contribution in [-0.4, -0.2) is 72.3 Å². The first-order chi connectivity index (χ1) is 12.8. The van der Waals surface area contributed by atoms with Crippen molar-refractivity contribution < 1.29 is 34.4 Å². The minimum absolute atomic E-state index is 0.0363. The molecule has 1 saturated heterocycles. The van der Waals surface area contributed by atoms with E-state index in [-0.39, 0.29) is 49.0 Å². The van der Waals surface area contributed by atoms with E-state index in [9.17, 15) is 19.5 Å². The van der Waals surface area contributed by atoms with Crippen LogP contribution in [0.4, 0.5) is 0 Å². The van der Waals surface area contributed by atoms with E-state index in [0.29, 0.717) is 0 Å². The minimum Gasteiger partial charge on any atom is -0.507 e. The predicted octanol–water partition coefficient (Wildman–Crippen LogP) is -0.401. The van der Waals surface area contributed by atoms with Gasteiger partial charge in [0.1, 0.15) is 29.7 Å². The number of carbonyl (C=O) groups excluding carboxylic acids is 1. The molecule has 0 aliphatic carbocycles. The van der Waals surface area contributed by atoms with E-state index >= 15 is 0 Å². The quantitative estimate of drug-likeness (QED) is 0.585. The van der Waals surface area contributed by atoms with E-state index in [0.717, 1.165) is 0 Å². The van der Waals surface area contributed by atoms with Crippen molar-refractivity contribution in [3.8, 4) is 11.5 Å². The average molecular weight is 376 g/mol. The van der Waals surface area contributed by atoms with Crippen LogP contribution in [0.1, 0.15) is 16.1 Å². The molecule has 0 unspecified atom stereocenters. The molecule has 1 amide bonds. The maximum Gasteiger partial charge on any atom is 0.343 e. The highest BCUT2D eigenvalue weighted by Gasteiger charge is 2.33. The minimum atomic E-state index is -1.31. The highest BCUT2D eigenvalue weighted by molar-refractivity contribution is 5.94. The van der Waals surface area contributed by atoms with Gasteiger partial charge in [0.15, 0.2) is 0 Å². The summed E-state index contributed by atoms with van der Waals surface area (Å²) in [6.07, 6.45) is 0.724. The van der Waals surface area contributed by atoms with Crippen LogP contribution in [0.5, 0.6) is 11.5 Å². The van der Waals surface area contributed by atoms with Crippen molar-refractivity contribution in [3.05, 3.63) is 35.7 Å². The fourth-order valence-electron chi connectivity index (χ4n) is 2.62. The Kier molecular flexibility index (Phi) is 4.92. The van der Waals surface area contributed by atoms with Gasteiger partial charge in [-0.2, -0.15) is 0 Å². The van der Waals surface area contributed by atoms with Crippen molar-refractivity contribution in [1.82, 2.24) is 19.9 Å². The molecule has 11 nitrogen and oxygen atoms in total. The number of aliphatic carboxylic acids is 1. The molecule has 1 aliphatic heterocycles. The molecular formula is C16H16N4O7. The summed E-state index contributed by atoms with van der Waals surface area (Å²) in [6.45, 7) is 0.417. The summed E-state index contributed by atoms with van der Waals surface area (Å²) in [5, 5.41) is 34.9. The van der Waals surface area contributed by atoms with Gasteiger partial charge in [0.05, 0.1) is 25.2 Å². The zero-order valence-electron chi connectivity index (χ0n) is 14.0. The summed E-state index contributed by atoms with van der Waals surface area (Å²) in [7, 11) is 0. The van der Waals surface area contributed by atoms with Crippen LogP contribution >= 0.6 is 0 Å². The fourth-order valence-corrected chi connectivity index (χ4v) is 2.62. The van der Waals surface area contributed by atoms with E-state index in [1.807, 2.05) is 0 Å². The highest BCUT2D eigenvalue weighted by Crippen LogP contribution is 2.29. The number of carbonyl (C=O) groups is 3. The first-order valence-corrected chi connectivity index (χ1v) is 7.94. The molecule has 0 atom stereocenters. The zero-order valence-corrected chi connectivity index (χ0v) is 14.0. The summed E-state index contributed by atoms with van der Waals surface area (Å²) >= 11 is 0. The standard InChI is InChI=1S/C16H16N4O7/c21-11-2-1-3-12(15(11)16(25)26)27-10-6-19(7-10)13(22)8-20-5-9(17-18-20)4-14(23)24/h1-3,5,10,21H,4,6-8H2,(H,23,24)(H,25,26). The third-order valence-corrected chi connectivity index (χ3v) is 3.93. The van der Waals surface area contributed by atoms with E-state index in [1.165, 1.54) is 34.0 Å². The Morgan fingerprint density at radius 1 is 1.22 bits per heavy atom. The fraction of sp³-hybridized carbons (Fsp3) is 0.312. The number of aromatic nitrogens is 3. The van der Waals surface area contributed by atoms with Crippen molar-refractivity contribution in [2.45, 2.75) is 19.1 Å². The summed E-state index contributed by atoms with van der Waals surface area (Å²) < 4.78 is 6.82. The van der Waals surface area contributed by atoms with Gasteiger partial charge in [-0.15, -0.1) is 5.10 Å². The van der Waals surface area contributed by atoms with Gasteiger partial charge >= 0.3 is 11.9 Å². The largest absolute Gasteiger partial charge is 0.507 e. The van der Waals surface area contributed by atoms with E-state index < -0.39 is 23.8 Å². The SMILES string of the molecule is O=C(O)Cc1cn(CC(=O)N2CC(Oc3cccc(O)c3C(=O)O)C2)nn1. The molecule has 27 heavy (non-hydrogen) atoms. The first-order valence-electron chi connectivity index (χ1n) is 7.94. The van der Waals surface area contributed by atoms with Crippen molar-refractivity contribution in [2.24, 2.45) is 0 Å². The monoisotopic (exact) mass is 376 g/mol. The van der Waals surface area contributed by atoms with Crippen LogP contribution in [0.3, 0.4) is 0 Å². The number of carboxylic acids is 2. The second-order valence-electron chi connectivity index (χ2n) is 5.97. The highest BCUT2D eigenvalue weighted by atomic mass is 16.5. The summed E-state index contributed by atoms with van der Waals surface area (Å²) in [4.78, 5) is 35.5. The summed E-state index contributed by atoms with van der Waals surface area (Å²) in [5.41, 5.74) is -0.0685. The molecule has 1 fully saturated rings. The number of aromatic hydroxyl groups is 1. The third kappa shape index (κ3) is 4.14. The molecule has 0 spiro atoms. The molecule has 1 aromatic heterocycles. The Morgan fingerprint density at radius 2 is 1.96 bits per heavy atom. The Morgan fingerprint density at radius 3 is 2.63 bits per heavy atom. The van der Waals surface area contributed by atoms with Crippen molar-refractivity contribution >= 4 is 17.8 Å². The molecule has 2 aromatic rings. The number of aromatic carboxylic acids is 1. The first kappa shape index (κ1) is 18.2. The molecule has 0 bridgehead atoms. The van der Waals surface area contributed by atoms with Crippen LogP contribution in [0.2, 0.25) is 0 Å². The van der Waals surface area contributed by atoms with E-state index in [4.69, 9.17) is 14.9 Å². The number of amides is 1. The smallest absolute Gasteiger partial charge is 0.343 e. The molecular weight excluding hydrogens is 360 g/mol. The predicted molar refractivity (Wildman–Crippen MR) is 87.4 cm³/mol. The number of carboxylic acid groups (broad SMARTS) is 2. The summed E-state index contributed by atoms with van der Waals surface area (Å²) in [6, 6.07) is 4.16. The molecule has 3 N–H and O–H groups in total. The lowest BCUT2D eigenvalue weighted by atomic mass is 10.1. The van der Waals surface area contributed by atoms with Crippen LogP contribution in [0.25, 0.3) is 0 Å². The van der Waals surface area contributed by atoms with Crippen LogP contribution < -0.4 is 4.74 Å². The van der Waals surface area contributed by atoms with Crippen molar-refractivity contribution in [3.63, 3.8) is 0 Å². The lowest BCUT2D eigenvalue weighted by Crippen LogP contribution is -2.57. The van der Waals surface area contributed by atoms with Gasteiger partial charge in [-0.05, 0) is 12.1 Å². The number of phenols is 1. The third-order valence-electron chi connectivity index (χ3n) is 3.93. The number of rotatable bonds is 7. The number of likely N-dealkylation sites (tertiary alicyclic amines) is 1. The number of hydrogen-bond acceptors (Lipinski definition) is 7. The van der Waals surface area contributed by atoms with E-state index in [1.54, 1.807) is 0 Å².